The highest BCUT2D eigenvalue weighted by Crippen LogP contribution is 2.40. The third-order valence-electron chi connectivity index (χ3n) is 5.30. The zero-order valence-electron chi connectivity index (χ0n) is 17.5. The van der Waals surface area contributed by atoms with E-state index in [1.807, 2.05) is 52.5 Å². The molecule has 0 atom stereocenters. The molecule has 0 fully saturated rings. The lowest BCUT2D eigenvalue weighted by atomic mass is 9.92. The Hall–Kier alpha value is -3.40. The summed E-state index contributed by atoms with van der Waals surface area (Å²) in [6.45, 7) is 1.59. The Bertz CT molecular complexity index is 1260. The molecule has 2 aromatic rings. The molecule has 0 saturated carbocycles. The van der Waals surface area contributed by atoms with Crippen LogP contribution in [-0.2, 0) is 0 Å². The third-order valence-corrected chi connectivity index (χ3v) is 5.30. The highest BCUT2D eigenvalue weighted by atomic mass is 16.3. The Morgan fingerprint density at radius 1 is 0.931 bits per heavy atom. The fourth-order valence-corrected chi connectivity index (χ4v) is 3.61. The van der Waals surface area contributed by atoms with Gasteiger partial charge in [-0.15, -0.1) is 0 Å². The molecule has 1 aliphatic carbocycles. The van der Waals surface area contributed by atoms with E-state index in [2.05, 4.69) is 45.9 Å². The van der Waals surface area contributed by atoms with Crippen molar-refractivity contribution in [3.8, 4) is 22.5 Å². The summed E-state index contributed by atoms with van der Waals surface area (Å²) < 4.78 is 8.41. The van der Waals surface area contributed by atoms with Gasteiger partial charge in [0.1, 0.15) is 25.4 Å². The SMILES string of the molecule is CC(=O)c1ccc(-c2c3ccc(=[N+](C)C)cc-3oc3cc(N(C)C)ccc23)cc1. The molecule has 0 bridgehead atoms. The quantitative estimate of drug-likeness (QED) is 0.296. The normalized spacial score (nSPS) is 11.1. The fraction of sp³-hybridized carbons (Fsp3) is 0.200. The van der Waals surface area contributed by atoms with E-state index in [1.54, 1.807) is 6.92 Å². The molecule has 0 saturated heterocycles. The van der Waals surface area contributed by atoms with E-state index in [4.69, 9.17) is 4.42 Å². The molecule has 0 aromatic heterocycles. The molecule has 2 aromatic carbocycles. The first-order valence-electron chi connectivity index (χ1n) is 9.65. The summed E-state index contributed by atoms with van der Waals surface area (Å²) in [7, 11) is 8.09. The number of fused-ring (bicyclic) bond motifs is 2. The van der Waals surface area contributed by atoms with Crippen LogP contribution in [0.2, 0.25) is 0 Å². The minimum atomic E-state index is 0.0700. The smallest absolute Gasteiger partial charge is 0.203 e. The summed E-state index contributed by atoms with van der Waals surface area (Å²) in [5, 5.41) is 2.14. The number of carbonyl (C=O) groups excluding carboxylic acids is 1. The predicted molar refractivity (Wildman–Crippen MR) is 120 cm³/mol. The number of anilines is 1. The zero-order valence-corrected chi connectivity index (χ0v) is 17.5. The minimum absolute atomic E-state index is 0.0700. The van der Waals surface area contributed by atoms with Gasteiger partial charge >= 0.3 is 0 Å². The van der Waals surface area contributed by atoms with Crippen LogP contribution in [0.5, 0.6) is 0 Å². The largest absolute Gasteiger partial charge is 0.456 e. The highest BCUT2D eigenvalue weighted by molar-refractivity contribution is 6.03. The lowest BCUT2D eigenvalue weighted by molar-refractivity contribution is 0.101. The molecule has 146 valence electrons. The van der Waals surface area contributed by atoms with Crippen LogP contribution in [0.4, 0.5) is 5.69 Å². The number of hydrogen-bond acceptors (Lipinski definition) is 3. The van der Waals surface area contributed by atoms with Crippen molar-refractivity contribution in [2.75, 3.05) is 33.1 Å². The molecular weight excluding hydrogens is 360 g/mol. The van der Waals surface area contributed by atoms with Gasteiger partial charge in [0.2, 0.25) is 5.36 Å². The molecule has 4 heteroatoms. The Labute approximate surface area is 170 Å². The van der Waals surface area contributed by atoms with E-state index in [-0.39, 0.29) is 5.78 Å². The molecule has 2 aliphatic rings. The summed E-state index contributed by atoms with van der Waals surface area (Å²) in [4.78, 5) is 13.8. The molecule has 0 radical (unpaired) electrons. The van der Waals surface area contributed by atoms with Gasteiger partial charge in [-0.3, -0.25) is 4.79 Å². The zero-order chi connectivity index (χ0) is 20.7. The number of Topliss-reactive ketones (excluding diaryl/α,β-unsaturated/α-hetero) is 1. The number of nitrogens with zero attached hydrogens (tertiary/aromatic N) is 2. The van der Waals surface area contributed by atoms with E-state index in [0.717, 1.165) is 44.5 Å². The van der Waals surface area contributed by atoms with Crippen molar-refractivity contribution in [2.24, 2.45) is 0 Å². The van der Waals surface area contributed by atoms with E-state index >= 15 is 0 Å². The minimum Gasteiger partial charge on any atom is -0.456 e. The summed E-state index contributed by atoms with van der Waals surface area (Å²) in [5.74, 6) is 0.908. The van der Waals surface area contributed by atoms with Crippen LogP contribution in [0, 0.1) is 0 Å². The van der Waals surface area contributed by atoms with E-state index in [1.165, 1.54) is 0 Å². The molecule has 0 spiro atoms. The Morgan fingerprint density at radius 2 is 1.66 bits per heavy atom. The first-order valence-corrected chi connectivity index (χ1v) is 9.65. The van der Waals surface area contributed by atoms with Crippen molar-refractivity contribution in [3.63, 3.8) is 0 Å². The van der Waals surface area contributed by atoms with Gasteiger partial charge in [-0.2, -0.15) is 0 Å². The Balaban J connectivity index is 2.08. The van der Waals surface area contributed by atoms with Crippen molar-refractivity contribution < 1.29 is 9.21 Å². The molecule has 0 unspecified atom stereocenters. The van der Waals surface area contributed by atoms with Crippen LogP contribution in [-0.4, -0.2) is 34.0 Å². The van der Waals surface area contributed by atoms with Crippen LogP contribution in [0.25, 0.3) is 33.4 Å². The monoisotopic (exact) mass is 385 g/mol. The lowest BCUT2D eigenvalue weighted by Crippen LogP contribution is -2.21. The van der Waals surface area contributed by atoms with Crippen molar-refractivity contribution in [2.45, 2.75) is 6.92 Å². The van der Waals surface area contributed by atoms with Crippen molar-refractivity contribution in [1.29, 1.82) is 0 Å². The van der Waals surface area contributed by atoms with Gasteiger partial charge in [0.05, 0.1) is 6.07 Å². The second kappa shape index (κ2) is 7.21. The maximum atomic E-state index is 11.7. The number of carbonyl (C=O) groups is 1. The van der Waals surface area contributed by atoms with E-state index < -0.39 is 0 Å². The van der Waals surface area contributed by atoms with Gasteiger partial charge in [-0.05, 0) is 30.7 Å². The Morgan fingerprint density at radius 3 is 2.28 bits per heavy atom. The maximum absolute atomic E-state index is 11.7. The third kappa shape index (κ3) is 3.42. The molecule has 4 rings (SSSR count). The number of ketones is 1. The maximum Gasteiger partial charge on any atom is 0.203 e. The van der Waals surface area contributed by atoms with E-state index in [9.17, 15) is 4.79 Å². The van der Waals surface area contributed by atoms with Gasteiger partial charge in [0.25, 0.3) is 0 Å². The van der Waals surface area contributed by atoms with Crippen molar-refractivity contribution >= 4 is 22.4 Å². The number of benzene rings is 3. The first-order chi connectivity index (χ1) is 13.8. The fourth-order valence-electron chi connectivity index (χ4n) is 3.61. The van der Waals surface area contributed by atoms with Crippen LogP contribution >= 0.6 is 0 Å². The highest BCUT2D eigenvalue weighted by Gasteiger charge is 2.18. The van der Waals surface area contributed by atoms with E-state index in [0.29, 0.717) is 5.56 Å². The van der Waals surface area contributed by atoms with Gasteiger partial charge < -0.3 is 9.32 Å². The summed E-state index contributed by atoms with van der Waals surface area (Å²) in [5.41, 5.74) is 5.87. The average Bonchev–Trinajstić information content (AvgIpc) is 2.71. The van der Waals surface area contributed by atoms with Crippen molar-refractivity contribution in [1.82, 2.24) is 4.58 Å². The first kappa shape index (κ1) is 18.9. The van der Waals surface area contributed by atoms with Gasteiger partial charge in [0.15, 0.2) is 5.78 Å². The number of hydrogen-bond donors (Lipinski definition) is 0. The molecule has 0 amide bonds. The summed E-state index contributed by atoms with van der Waals surface area (Å²) in [6.07, 6.45) is 0. The number of rotatable bonds is 3. The van der Waals surface area contributed by atoms with Gasteiger partial charge in [0, 0.05) is 54.0 Å². The topological polar surface area (TPSA) is 36.5 Å². The van der Waals surface area contributed by atoms with Crippen LogP contribution in [0.3, 0.4) is 0 Å². The Kier molecular flexibility index (Phi) is 4.71. The van der Waals surface area contributed by atoms with Crippen LogP contribution < -0.4 is 14.8 Å². The standard InChI is InChI=1S/C25H25N2O2/c1-16(28)17-6-8-18(9-7-17)25-21-12-10-19(26(2)3)14-23(21)29-24-15-20(27(4)5)11-13-22(24)25/h6-15H,1-5H3/q+1. The predicted octanol–water partition coefficient (Wildman–Crippen LogP) is 4.51. The lowest BCUT2D eigenvalue weighted by Gasteiger charge is -2.18. The molecule has 4 nitrogen and oxygen atoms in total. The average molecular weight is 385 g/mol. The second-order valence-corrected chi connectivity index (χ2v) is 7.76. The second-order valence-electron chi connectivity index (χ2n) is 7.76. The molecule has 1 heterocycles. The molecule has 29 heavy (non-hydrogen) atoms. The molecule has 1 aliphatic heterocycles. The summed E-state index contributed by atoms with van der Waals surface area (Å²) in [6, 6.07) is 20.4. The molecular formula is C25H25N2O2+. The molecule has 0 N–H and O–H groups in total. The van der Waals surface area contributed by atoms with Gasteiger partial charge in [-0.1, -0.05) is 24.3 Å². The van der Waals surface area contributed by atoms with Crippen LogP contribution in [0.15, 0.2) is 65.1 Å². The van der Waals surface area contributed by atoms with Gasteiger partial charge in [-0.25, -0.2) is 4.58 Å². The summed E-state index contributed by atoms with van der Waals surface area (Å²) >= 11 is 0. The van der Waals surface area contributed by atoms with Crippen LogP contribution in [0.1, 0.15) is 17.3 Å². The van der Waals surface area contributed by atoms with Crippen molar-refractivity contribution in [3.05, 3.63) is 71.6 Å².